The maximum absolute atomic E-state index is 17.1. The molecule has 2 bridgehead atoms. The van der Waals surface area contributed by atoms with E-state index >= 15 is 4.39 Å². The normalized spacial score (nSPS) is 30.8. The van der Waals surface area contributed by atoms with Gasteiger partial charge in [0.25, 0.3) is 0 Å². The van der Waals surface area contributed by atoms with Gasteiger partial charge in [-0.2, -0.15) is 4.98 Å². The van der Waals surface area contributed by atoms with Crippen LogP contribution in [0.15, 0.2) is 36.3 Å². The van der Waals surface area contributed by atoms with Crippen LogP contribution in [0.4, 0.5) is 13.2 Å². The van der Waals surface area contributed by atoms with Crippen LogP contribution < -0.4 is 14.8 Å². The molecule has 3 aromatic rings. The molecule has 48 heavy (non-hydrogen) atoms. The van der Waals surface area contributed by atoms with Gasteiger partial charge in [0.2, 0.25) is 5.88 Å². The summed E-state index contributed by atoms with van der Waals surface area (Å²) in [7, 11) is -3.01. The zero-order valence-electron chi connectivity index (χ0n) is 29.8. The Balaban J connectivity index is 1.36. The lowest BCUT2D eigenvalue weighted by atomic mass is 9.76. The summed E-state index contributed by atoms with van der Waals surface area (Å²) in [6.45, 7) is 6.83. The highest BCUT2D eigenvalue weighted by molar-refractivity contribution is 5.84. The molecule has 3 aliphatic heterocycles. The van der Waals surface area contributed by atoms with Crippen molar-refractivity contribution >= 4 is 17.0 Å². The van der Waals surface area contributed by atoms with Gasteiger partial charge in [-0.1, -0.05) is 31.9 Å². The largest absolute Gasteiger partial charge is 0.480 e. The molecular weight excluding hydrogens is 621 g/mol. The van der Waals surface area contributed by atoms with Crippen LogP contribution in [0.1, 0.15) is 65.6 Å². The van der Waals surface area contributed by atoms with Crippen LogP contribution in [0.5, 0.6) is 11.9 Å². The summed E-state index contributed by atoms with van der Waals surface area (Å²) in [5.41, 5.74) is -2.50. The molecule has 5 atom stereocenters. The molecule has 1 aliphatic carbocycles. The molecule has 0 amide bonds. The third-order valence-corrected chi connectivity index (χ3v) is 10.4. The summed E-state index contributed by atoms with van der Waals surface area (Å²) in [5.74, 6) is 0.207. The van der Waals surface area contributed by atoms with Crippen molar-refractivity contribution in [1.82, 2.24) is 30.1 Å². The SMILES string of the molecule is [2H]C([2H])([2H])Oc1nc(C2(O)C=Cc3c(ccc(F)c3C#C)[C@H]2N2CC3CC[C@@H](C2)N3)c(F)c2nc(OC[C@]3(C)CN(CC)CC/C3=C\F)ncc12. The number of hydrogen-bond donors (Lipinski definition) is 2. The molecule has 12 heteroatoms. The maximum Gasteiger partial charge on any atom is 0.317 e. The number of pyridine rings is 1. The van der Waals surface area contributed by atoms with Gasteiger partial charge < -0.3 is 24.8 Å². The van der Waals surface area contributed by atoms with Gasteiger partial charge in [-0.15, -0.1) is 6.42 Å². The number of aromatic nitrogens is 3. The first-order valence-corrected chi connectivity index (χ1v) is 16.2. The molecule has 9 nitrogen and oxygen atoms in total. The Hall–Kier alpha value is -4.02. The number of terminal acetylenes is 1. The summed E-state index contributed by atoms with van der Waals surface area (Å²) >= 11 is 0. The number of methoxy groups -OCH3 is 1. The molecule has 5 heterocycles. The van der Waals surface area contributed by atoms with Crippen LogP contribution in [-0.2, 0) is 5.60 Å². The van der Waals surface area contributed by atoms with Crippen molar-refractivity contribution in [3.8, 4) is 24.2 Å². The Morgan fingerprint density at radius 3 is 2.75 bits per heavy atom. The van der Waals surface area contributed by atoms with Gasteiger partial charge in [-0.3, -0.25) is 4.90 Å². The highest BCUT2D eigenvalue weighted by atomic mass is 19.1. The lowest BCUT2D eigenvalue weighted by Gasteiger charge is -2.47. The number of nitrogens with one attached hydrogen (secondary N) is 1. The highest BCUT2D eigenvalue weighted by Crippen LogP contribution is 2.49. The fourth-order valence-corrected chi connectivity index (χ4v) is 7.94. The van der Waals surface area contributed by atoms with Gasteiger partial charge in [0.1, 0.15) is 29.2 Å². The minimum Gasteiger partial charge on any atom is -0.480 e. The number of halogens is 3. The summed E-state index contributed by atoms with van der Waals surface area (Å²) in [4.78, 5) is 17.0. The number of aliphatic hydroxyl groups is 1. The predicted molar refractivity (Wildman–Crippen MR) is 175 cm³/mol. The lowest BCUT2D eigenvalue weighted by molar-refractivity contribution is -0.0345. The number of piperazine rings is 1. The number of rotatable bonds is 7. The van der Waals surface area contributed by atoms with Crippen molar-refractivity contribution in [1.29, 1.82) is 0 Å². The Morgan fingerprint density at radius 1 is 1.25 bits per heavy atom. The molecular formula is C36H39F3N6O3. The second-order valence-corrected chi connectivity index (χ2v) is 13.4. The lowest BCUT2D eigenvalue weighted by Crippen LogP contribution is -2.56. The smallest absolute Gasteiger partial charge is 0.317 e. The molecule has 2 unspecified atom stereocenters. The van der Waals surface area contributed by atoms with Gasteiger partial charge in [0, 0.05) is 49.9 Å². The van der Waals surface area contributed by atoms with Crippen LogP contribution in [0.2, 0.25) is 0 Å². The molecule has 7 rings (SSSR count). The first-order chi connectivity index (χ1) is 24.3. The fraction of sp³-hybridized carbons (Fsp3) is 0.472. The van der Waals surface area contributed by atoms with Crippen LogP contribution in [0.25, 0.3) is 17.0 Å². The molecule has 252 valence electrons. The predicted octanol–water partition coefficient (Wildman–Crippen LogP) is 4.65. The molecule has 0 spiro atoms. The molecule has 3 saturated heterocycles. The zero-order chi connectivity index (χ0) is 36.3. The van der Waals surface area contributed by atoms with E-state index in [2.05, 4.69) is 31.1 Å². The topological polar surface area (TPSA) is 95.9 Å². The van der Waals surface area contributed by atoms with Crippen molar-refractivity contribution in [3.63, 3.8) is 0 Å². The minimum absolute atomic E-state index is 0.00119. The van der Waals surface area contributed by atoms with Gasteiger partial charge in [0.05, 0.1) is 34.5 Å². The van der Waals surface area contributed by atoms with Crippen LogP contribution in [-0.4, -0.2) is 88.3 Å². The second-order valence-electron chi connectivity index (χ2n) is 13.4. The van der Waals surface area contributed by atoms with Crippen LogP contribution in [0, 0.1) is 29.4 Å². The summed E-state index contributed by atoms with van der Waals surface area (Å²) < 4.78 is 80.6. The Bertz CT molecular complexity index is 1960. The third-order valence-electron chi connectivity index (χ3n) is 10.4. The van der Waals surface area contributed by atoms with Crippen molar-refractivity contribution in [2.45, 2.75) is 56.8 Å². The van der Waals surface area contributed by atoms with Gasteiger partial charge in [0.15, 0.2) is 5.82 Å². The van der Waals surface area contributed by atoms with Gasteiger partial charge in [-0.25, -0.2) is 23.1 Å². The number of likely N-dealkylation sites (tertiary alicyclic amines) is 2. The molecule has 2 aromatic heterocycles. The zero-order valence-corrected chi connectivity index (χ0v) is 26.8. The van der Waals surface area contributed by atoms with E-state index in [9.17, 15) is 13.9 Å². The Morgan fingerprint density at radius 2 is 2.04 bits per heavy atom. The van der Waals surface area contributed by atoms with Crippen molar-refractivity contribution in [2.75, 3.05) is 46.4 Å². The van der Waals surface area contributed by atoms with E-state index in [0.717, 1.165) is 25.6 Å². The molecule has 3 fully saturated rings. The third kappa shape index (κ3) is 5.33. The van der Waals surface area contributed by atoms with E-state index in [1.807, 2.05) is 18.7 Å². The van der Waals surface area contributed by atoms with E-state index in [0.29, 0.717) is 55.6 Å². The number of nitrogens with zero attached hydrogens (tertiary/aromatic N) is 5. The number of hydrogen-bond acceptors (Lipinski definition) is 9. The van der Waals surface area contributed by atoms with Crippen molar-refractivity contribution in [2.24, 2.45) is 5.41 Å². The Kier molecular flexibility index (Phi) is 7.51. The minimum atomic E-state index is -3.01. The number of benzene rings is 1. The second kappa shape index (κ2) is 12.5. The van der Waals surface area contributed by atoms with Crippen molar-refractivity contribution < 1.29 is 31.9 Å². The molecule has 4 aliphatic rings. The summed E-state index contributed by atoms with van der Waals surface area (Å²) in [5, 5.41) is 16.1. The monoisotopic (exact) mass is 663 g/mol. The Labute approximate surface area is 282 Å². The first kappa shape index (κ1) is 28.9. The number of piperidine rings is 1. The van der Waals surface area contributed by atoms with E-state index in [1.54, 1.807) is 0 Å². The number of fused-ring (bicyclic) bond motifs is 4. The molecule has 1 aromatic carbocycles. The van der Waals surface area contributed by atoms with E-state index in [4.69, 9.17) is 20.0 Å². The van der Waals surface area contributed by atoms with Crippen LogP contribution in [0.3, 0.4) is 0 Å². The molecule has 0 radical (unpaired) electrons. The van der Waals surface area contributed by atoms with E-state index in [-0.39, 0.29) is 35.7 Å². The average Bonchev–Trinajstić information content (AvgIpc) is 3.44. The fourth-order valence-electron chi connectivity index (χ4n) is 7.94. The number of ether oxygens (including phenoxy) is 2. The quantitative estimate of drug-likeness (QED) is 0.351. The summed E-state index contributed by atoms with van der Waals surface area (Å²) in [6, 6.07) is 1.70. The van der Waals surface area contributed by atoms with Crippen LogP contribution >= 0.6 is 0 Å². The van der Waals surface area contributed by atoms with Gasteiger partial charge in [-0.05, 0) is 54.6 Å². The molecule has 0 saturated carbocycles. The average molecular weight is 664 g/mol. The maximum atomic E-state index is 17.1. The van der Waals surface area contributed by atoms with E-state index in [1.165, 1.54) is 24.3 Å². The standard InChI is InChI=1S/C36H39F3N6O3/c1-5-24-25-11-13-36(46,32(26(25)9-10-28(24)38)45-17-22-7-8-23(18-45)41-22)31-29(39)30-27(33(43-31)47-4)16-40-34(42-30)48-20-35(3)19-44(6-2)14-12-21(35)15-37/h1,9-11,13,15-16,22-23,32,41,46H,6-8,12,14,17-20H2,2-4H3/b21-15+/t22-,23?,32+,35-,36?/m0/s1/i4D3. The summed E-state index contributed by atoms with van der Waals surface area (Å²) in [6.07, 6.45) is 12.6. The molecule has 2 N–H and O–H groups in total. The van der Waals surface area contributed by atoms with Gasteiger partial charge >= 0.3 is 6.01 Å². The first-order valence-electron chi connectivity index (χ1n) is 17.7. The highest BCUT2D eigenvalue weighted by Gasteiger charge is 2.50. The van der Waals surface area contributed by atoms with E-state index < -0.39 is 52.8 Å². The van der Waals surface area contributed by atoms with Crippen molar-refractivity contribution in [3.05, 3.63) is 70.3 Å².